The van der Waals surface area contributed by atoms with Crippen LogP contribution in [0, 0.1) is 0 Å². The van der Waals surface area contributed by atoms with Crippen LogP contribution in [-0.4, -0.2) is 49.6 Å². The van der Waals surface area contributed by atoms with Gasteiger partial charge in [-0.3, -0.25) is 4.79 Å². The van der Waals surface area contributed by atoms with Crippen molar-refractivity contribution in [2.24, 2.45) is 0 Å². The Morgan fingerprint density at radius 1 is 1.21 bits per heavy atom. The maximum absolute atomic E-state index is 12.6. The molecule has 160 valence electrons. The summed E-state index contributed by atoms with van der Waals surface area (Å²) in [7, 11) is -3.19. The number of amides is 1. The third-order valence-electron chi connectivity index (χ3n) is 6.77. The molecule has 7 heteroatoms. The summed E-state index contributed by atoms with van der Waals surface area (Å²) in [4.78, 5) is 12.6. The third kappa shape index (κ3) is 4.37. The fourth-order valence-corrected chi connectivity index (χ4v) is 6.29. The predicted octanol–water partition coefficient (Wildman–Crippen LogP) is 2.72. The number of carbonyl (C=O) groups is 1. The normalized spacial score (nSPS) is 25.1. The van der Waals surface area contributed by atoms with Crippen molar-refractivity contribution in [3.05, 3.63) is 35.4 Å². The number of sulfonamides is 1. The second-order valence-electron chi connectivity index (χ2n) is 8.65. The van der Waals surface area contributed by atoms with Crippen molar-refractivity contribution in [2.75, 3.05) is 18.8 Å². The highest BCUT2D eigenvalue weighted by Gasteiger charge is 2.45. The first-order chi connectivity index (χ1) is 13.9. The maximum atomic E-state index is 12.6. The number of hydrogen-bond donors (Lipinski definition) is 1. The van der Waals surface area contributed by atoms with Crippen molar-refractivity contribution < 1.29 is 17.9 Å². The fourth-order valence-electron chi connectivity index (χ4n) is 5.18. The van der Waals surface area contributed by atoms with Crippen molar-refractivity contribution in [1.29, 1.82) is 0 Å². The number of hydrogen-bond acceptors (Lipinski definition) is 4. The minimum Gasteiger partial charge on any atom is -0.366 e. The lowest BCUT2D eigenvalue weighted by Gasteiger charge is -2.47. The number of rotatable bonds is 5. The highest BCUT2D eigenvalue weighted by Crippen LogP contribution is 2.44. The monoisotopic (exact) mass is 420 g/mol. The molecule has 1 unspecified atom stereocenters. The summed E-state index contributed by atoms with van der Waals surface area (Å²) in [6.45, 7) is 2.61. The van der Waals surface area contributed by atoms with Crippen LogP contribution in [0.1, 0.15) is 63.0 Å². The average Bonchev–Trinajstić information content (AvgIpc) is 3.21. The molecule has 1 saturated carbocycles. The van der Waals surface area contributed by atoms with Crippen molar-refractivity contribution in [3.8, 4) is 0 Å². The van der Waals surface area contributed by atoms with Gasteiger partial charge in [-0.05, 0) is 50.2 Å². The minimum atomic E-state index is -3.19. The van der Waals surface area contributed by atoms with Crippen LogP contribution < -0.4 is 5.32 Å². The van der Waals surface area contributed by atoms with E-state index in [1.54, 1.807) is 11.2 Å². The minimum absolute atomic E-state index is 0.0717. The van der Waals surface area contributed by atoms with Gasteiger partial charge in [0, 0.05) is 19.1 Å². The van der Waals surface area contributed by atoms with Crippen molar-refractivity contribution in [1.82, 2.24) is 9.62 Å². The lowest BCUT2D eigenvalue weighted by molar-refractivity contribution is -0.146. The molecule has 2 fully saturated rings. The standard InChI is InChI=1S/C22H32N2O4S/c1-2-29(26,27)24-13-11-22(12-14-24)20-10-6-3-7-17(20)15-19(28-22)16-21(25)23-18-8-4-5-9-18/h3,6-7,10,18-19H,2,4-5,8-9,11-16H2,1H3,(H,23,25). The van der Waals surface area contributed by atoms with Crippen LogP contribution >= 0.6 is 0 Å². The van der Waals surface area contributed by atoms with E-state index in [9.17, 15) is 13.2 Å². The Morgan fingerprint density at radius 3 is 2.59 bits per heavy atom. The summed E-state index contributed by atoms with van der Waals surface area (Å²) < 4.78 is 32.7. The molecule has 0 aromatic heterocycles. The van der Waals surface area contributed by atoms with Crippen molar-refractivity contribution in [3.63, 3.8) is 0 Å². The number of carbonyl (C=O) groups excluding carboxylic acids is 1. The van der Waals surface area contributed by atoms with E-state index in [0.29, 0.717) is 38.4 Å². The molecule has 1 aliphatic carbocycles. The molecule has 0 radical (unpaired) electrons. The van der Waals surface area contributed by atoms with Crippen LogP contribution in [-0.2, 0) is 31.6 Å². The number of benzene rings is 1. The molecule has 1 atom stereocenters. The Labute approximate surface area is 174 Å². The molecule has 29 heavy (non-hydrogen) atoms. The van der Waals surface area contributed by atoms with E-state index in [4.69, 9.17) is 4.74 Å². The van der Waals surface area contributed by atoms with Gasteiger partial charge in [-0.1, -0.05) is 37.1 Å². The van der Waals surface area contributed by atoms with Gasteiger partial charge < -0.3 is 10.1 Å². The van der Waals surface area contributed by atoms with Gasteiger partial charge in [-0.15, -0.1) is 0 Å². The highest BCUT2D eigenvalue weighted by molar-refractivity contribution is 7.89. The van der Waals surface area contributed by atoms with Gasteiger partial charge in [0.05, 0.1) is 23.9 Å². The van der Waals surface area contributed by atoms with Gasteiger partial charge in [0.15, 0.2) is 0 Å². The van der Waals surface area contributed by atoms with E-state index in [0.717, 1.165) is 19.3 Å². The molecule has 1 spiro atoms. The third-order valence-corrected chi connectivity index (χ3v) is 8.65. The van der Waals surface area contributed by atoms with E-state index < -0.39 is 15.6 Å². The van der Waals surface area contributed by atoms with Crippen LogP contribution in [0.25, 0.3) is 0 Å². The Bertz CT molecular complexity index is 840. The molecule has 4 rings (SSSR count). The van der Waals surface area contributed by atoms with Crippen LogP contribution in [0.3, 0.4) is 0 Å². The van der Waals surface area contributed by atoms with Crippen LogP contribution in [0.4, 0.5) is 0 Å². The van der Waals surface area contributed by atoms with Crippen LogP contribution in [0.5, 0.6) is 0 Å². The maximum Gasteiger partial charge on any atom is 0.222 e. The van der Waals surface area contributed by atoms with Crippen LogP contribution in [0.2, 0.25) is 0 Å². The first kappa shape index (κ1) is 20.8. The van der Waals surface area contributed by atoms with Gasteiger partial charge in [0.1, 0.15) is 0 Å². The van der Waals surface area contributed by atoms with E-state index in [1.165, 1.54) is 24.0 Å². The topological polar surface area (TPSA) is 75.7 Å². The van der Waals surface area contributed by atoms with Gasteiger partial charge in [0.25, 0.3) is 0 Å². The van der Waals surface area contributed by atoms with Gasteiger partial charge in [-0.2, -0.15) is 0 Å². The number of piperidine rings is 1. The number of ether oxygens (including phenoxy) is 1. The van der Waals surface area contributed by atoms with Crippen molar-refractivity contribution in [2.45, 2.75) is 76.0 Å². The Hall–Kier alpha value is -1.44. The molecule has 0 bridgehead atoms. The summed E-state index contributed by atoms with van der Waals surface area (Å²) in [6.07, 6.45) is 6.72. The van der Waals surface area contributed by atoms with Gasteiger partial charge >= 0.3 is 0 Å². The molecule has 2 heterocycles. The molecule has 1 N–H and O–H groups in total. The van der Waals surface area contributed by atoms with Gasteiger partial charge in [-0.25, -0.2) is 12.7 Å². The second kappa shape index (κ2) is 8.36. The van der Waals surface area contributed by atoms with Crippen molar-refractivity contribution >= 4 is 15.9 Å². The molecular formula is C22H32N2O4S. The van der Waals surface area contributed by atoms with E-state index in [2.05, 4.69) is 17.4 Å². The summed E-state index contributed by atoms with van der Waals surface area (Å²) >= 11 is 0. The zero-order valence-electron chi connectivity index (χ0n) is 17.2. The summed E-state index contributed by atoms with van der Waals surface area (Å²) in [5, 5.41) is 3.17. The molecule has 3 aliphatic rings. The Balaban J connectivity index is 1.49. The zero-order valence-corrected chi connectivity index (χ0v) is 18.0. The summed E-state index contributed by atoms with van der Waals surface area (Å²) in [5.74, 6) is 0.198. The van der Waals surface area contributed by atoms with E-state index >= 15 is 0 Å². The molecule has 1 amide bonds. The molecular weight excluding hydrogens is 388 g/mol. The first-order valence-corrected chi connectivity index (χ1v) is 12.6. The lowest BCUT2D eigenvalue weighted by atomic mass is 9.78. The molecule has 1 aromatic carbocycles. The van der Waals surface area contributed by atoms with Gasteiger partial charge in [0.2, 0.25) is 15.9 Å². The smallest absolute Gasteiger partial charge is 0.222 e. The Kier molecular flexibility index (Phi) is 6.00. The highest BCUT2D eigenvalue weighted by atomic mass is 32.2. The van der Waals surface area contributed by atoms with E-state index in [-0.39, 0.29) is 17.8 Å². The fraction of sp³-hybridized carbons (Fsp3) is 0.682. The van der Waals surface area contributed by atoms with Crippen LogP contribution in [0.15, 0.2) is 24.3 Å². The SMILES string of the molecule is CCS(=O)(=O)N1CCC2(CC1)OC(CC(=O)NC1CCCC1)Cc1ccccc12. The molecule has 6 nitrogen and oxygen atoms in total. The number of fused-ring (bicyclic) bond motifs is 2. The summed E-state index contributed by atoms with van der Waals surface area (Å²) in [5.41, 5.74) is 1.90. The predicted molar refractivity (Wildman–Crippen MR) is 112 cm³/mol. The second-order valence-corrected chi connectivity index (χ2v) is 10.9. The first-order valence-electron chi connectivity index (χ1n) is 11.0. The molecule has 2 aliphatic heterocycles. The number of nitrogens with one attached hydrogen (secondary N) is 1. The van der Waals surface area contributed by atoms with E-state index in [1.807, 2.05) is 12.1 Å². The Morgan fingerprint density at radius 2 is 1.90 bits per heavy atom. The zero-order chi connectivity index (χ0) is 20.5. The summed E-state index contributed by atoms with van der Waals surface area (Å²) in [6, 6.07) is 8.59. The largest absolute Gasteiger partial charge is 0.366 e. The average molecular weight is 421 g/mol. The quantitative estimate of drug-likeness (QED) is 0.795. The molecule has 1 aromatic rings. The number of nitrogens with zero attached hydrogens (tertiary/aromatic N) is 1. The molecule has 1 saturated heterocycles. The lowest BCUT2D eigenvalue weighted by Crippen LogP contribution is -2.51.